The Morgan fingerprint density at radius 3 is 0.698 bits per heavy atom. The summed E-state index contributed by atoms with van der Waals surface area (Å²) in [6.45, 7) is -5.78. The van der Waals surface area contributed by atoms with E-state index in [1.54, 1.807) is 0 Å². The van der Waals surface area contributed by atoms with Gasteiger partial charge in [-0.15, -0.1) is 0 Å². The highest BCUT2D eigenvalue weighted by atomic mass is 16.8. The fraction of sp³-hybridized carbons (Fsp3) is 1.00. The lowest BCUT2D eigenvalue weighted by atomic mass is 10.4. The van der Waals surface area contributed by atoms with Gasteiger partial charge < -0.3 is 132 Å². The molecular formula is C33H69N3O27. The molecule has 378 valence electrons. The summed E-state index contributed by atoms with van der Waals surface area (Å²) in [7, 11) is 0. The second kappa shape index (κ2) is 39.9. The van der Waals surface area contributed by atoms with E-state index in [0.29, 0.717) is 39.3 Å². The zero-order valence-electron chi connectivity index (χ0n) is 35.0. The van der Waals surface area contributed by atoms with Crippen LogP contribution >= 0.6 is 0 Å². The Labute approximate surface area is 363 Å². The Morgan fingerprint density at radius 1 is 0.286 bits per heavy atom. The summed E-state index contributed by atoms with van der Waals surface area (Å²) in [4.78, 5) is 5.65. The maximum Gasteiger partial charge on any atom is 0.185 e. The molecule has 0 aliphatic carbocycles. The highest BCUT2D eigenvalue weighted by Crippen LogP contribution is 2.09. The van der Waals surface area contributed by atoms with Crippen molar-refractivity contribution in [1.82, 2.24) is 14.7 Å². The average Bonchev–Trinajstić information content (AvgIpc) is 3.39. The summed E-state index contributed by atoms with van der Waals surface area (Å²) >= 11 is 0. The molecule has 9 atom stereocenters. The van der Waals surface area contributed by atoms with Crippen LogP contribution in [0.5, 0.6) is 0 Å². The molecule has 1 rings (SSSR count). The predicted molar refractivity (Wildman–Crippen MR) is 199 cm³/mol. The summed E-state index contributed by atoms with van der Waals surface area (Å²) < 4.78 is 80.0. The van der Waals surface area contributed by atoms with E-state index in [9.17, 15) is 30.6 Å². The van der Waals surface area contributed by atoms with Crippen LogP contribution in [0.4, 0.5) is 0 Å². The van der Waals surface area contributed by atoms with Gasteiger partial charge in [0.1, 0.15) is 60.4 Å². The van der Waals surface area contributed by atoms with Gasteiger partial charge in [-0.05, 0) is 0 Å². The van der Waals surface area contributed by atoms with E-state index in [-0.39, 0.29) is 40.0 Å². The first-order valence-corrected chi connectivity index (χ1v) is 19.5. The quantitative estimate of drug-likeness (QED) is 0.0200. The van der Waals surface area contributed by atoms with E-state index in [2.05, 4.69) is 0 Å². The van der Waals surface area contributed by atoms with Crippen LogP contribution < -0.4 is 0 Å². The molecule has 0 amide bonds. The maximum atomic E-state index is 9.55. The van der Waals surface area contributed by atoms with Crippen molar-refractivity contribution in [3.05, 3.63) is 0 Å². The van der Waals surface area contributed by atoms with Crippen LogP contribution in [-0.4, -0.2) is 292 Å². The van der Waals surface area contributed by atoms with Gasteiger partial charge in [-0.3, -0.25) is 14.7 Å². The first-order chi connectivity index (χ1) is 30.5. The number of rotatable bonds is 42. The molecule has 0 unspecified atom stereocenters. The summed E-state index contributed by atoms with van der Waals surface area (Å²) in [6, 6.07) is 0. The van der Waals surface area contributed by atoms with Crippen molar-refractivity contribution >= 4 is 0 Å². The number of aliphatic hydroxyl groups excluding tert-OH is 12. The third-order valence-corrected chi connectivity index (χ3v) is 7.80. The summed E-state index contributed by atoms with van der Waals surface area (Å²) in [5.74, 6) is 0. The molecule has 0 aromatic carbocycles. The summed E-state index contributed by atoms with van der Waals surface area (Å²) in [5, 5.41) is 111. The van der Waals surface area contributed by atoms with Crippen LogP contribution in [-0.2, 0) is 71.1 Å². The summed E-state index contributed by atoms with van der Waals surface area (Å²) in [5.41, 5.74) is 0. The first kappa shape index (κ1) is 59.8. The van der Waals surface area contributed by atoms with Crippen LogP contribution in [0, 0.1) is 0 Å². The second-order valence-electron chi connectivity index (χ2n) is 12.7. The van der Waals surface area contributed by atoms with Gasteiger partial charge >= 0.3 is 0 Å². The van der Waals surface area contributed by atoms with Crippen molar-refractivity contribution in [3.63, 3.8) is 0 Å². The minimum Gasteiger partial charge on any atom is -0.391 e. The van der Waals surface area contributed by atoms with Crippen molar-refractivity contribution in [1.29, 1.82) is 0 Å². The number of hydrogen-bond donors (Lipinski definition) is 12. The molecule has 0 bridgehead atoms. The third kappa shape index (κ3) is 33.0. The molecule has 1 aliphatic rings. The van der Waals surface area contributed by atoms with Gasteiger partial charge in [-0.1, -0.05) is 0 Å². The van der Waals surface area contributed by atoms with Gasteiger partial charge in [0, 0.05) is 39.3 Å². The van der Waals surface area contributed by atoms with Crippen molar-refractivity contribution in [3.8, 4) is 0 Å². The molecule has 1 fully saturated rings. The molecule has 0 aromatic rings. The van der Waals surface area contributed by atoms with Crippen LogP contribution in [0.3, 0.4) is 0 Å². The molecule has 63 heavy (non-hydrogen) atoms. The van der Waals surface area contributed by atoms with E-state index in [4.69, 9.17) is 102 Å². The predicted octanol–water partition coefficient (Wildman–Crippen LogP) is -8.39. The van der Waals surface area contributed by atoms with Crippen molar-refractivity contribution < 1.29 is 132 Å². The molecule has 1 heterocycles. The Morgan fingerprint density at radius 2 is 0.492 bits per heavy atom. The van der Waals surface area contributed by atoms with E-state index in [1.807, 2.05) is 14.7 Å². The molecule has 1 saturated heterocycles. The van der Waals surface area contributed by atoms with Gasteiger partial charge in [0.15, 0.2) is 77.0 Å². The van der Waals surface area contributed by atoms with Gasteiger partial charge in [0.25, 0.3) is 0 Å². The van der Waals surface area contributed by atoms with Gasteiger partial charge in [-0.2, -0.15) is 0 Å². The fourth-order valence-corrected chi connectivity index (χ4v) is 4.28. The first-order valence-electron chi connectivity index (χ1n) is 19.5. The van der Waals surface area contributed by atoms with Crippen LogP contribution in [0.1, 0.15) is 0 Å². The standard InChI is InChI=1S/C33H69N3O27/c37-7-25(43)55-19-49-13-31(61-22-58-28(46)10-40)52-16-34-1-2-35(17-53-32(62-23-59-29(47)11-41)14-50-20-56-26(44)8-38)5-6-36(4-3-34)18-54-33(63-24-60-30(48)12-42)15-51-21-57-27(45)9-39/h25-33,37-48H,1-24H2/t25-,26-,27-,28-,29-,30-,31+,32+,33+/m1/s1. The van der Waals surface area contributed by atoms with E-state index < -0.39 is 137 Å². The highest BCUT2D eigenvalue weighted by Gasteiger charge is 2.23. The van der Waals surface area contributed by atoms with E-state index in [0.717, 1.165) is 0 Å². The van der Waals surface area contributed by atoms with Gasteiger partial charge in [-0.25, -0.2) is 0 Å². The van der Waals surface area contributed by atoms with Crippen LogP contribution in [0.25, 0.3) is 0 Å². The normalized spacial score (nSPS) is 19.4. The minimum atomic E-state index is -1.53. The topological polar surface area (TPSA) is 391 Å². The van der Waals surface area contributed by atoms with Crippen LogP contribution in [0.2, 0.25) is 0 Å². The van der Waals surface area contributed by atoms with Crippen LogP contribution in [0.15, 0.2) is 0 Å². The van der Waals surface area contributed by atoms with E-state index in [1.165, 1.54) is 0 Å². The largest absolute Gasteiger partial charge is 0.391 e. The molecule has 1 aliphatic heterocycles. The monoisotopic (exact) mass is 939 g/mol. The number of aliphatic hydroxyl groups is 12. The maximum absolute atomic E-state index is 9.55. The van der Waals surface area contributed by atoms with E-state index >= 15 is 0 Å². The highest BCUT2D eigenvalue weighted by molar-refractivity contribution is 4.69. The lowest BCUT2D eigenvalue weighted by Gasteiger charge is -2.28. The zero-order valence-corrected chi connectivity index (χ0v) is 35.0. The molecule has 0 radical (unpaired) electrons. The smallest absolute Gasteiger partial charge is 0.185 e. The number of nitrogens with zero attached hydrogens (tertiary/aromatic N) is 3. The third-order valence-electron chi connectivity index (χ3n) is 7.80. The summed E-state index contributed by atoms with van der Waals surface area (Å²) in [6.07, 6.45) is -12.4. The lowest BCUT2D eigenvalue weighted by molar-refractivity contribution is -0.271. The molecule has 30 nitrogen and oxygen atoms in total. The second-order valence-corrected chi connectivity index (χ2v) is 12.7. The Balaban J connectivity index is 3.15. The van der Waals surface area contributed by atoms with Crippen molar-refractivity contribution in [2.45, 2.75) is 56.6 Å². The van der Waals surface area contributed by atoms with Crippen molar-refractivity contribution in [2.24, 2.45) is 0 Å². The Hall–Kier alpha value is -1.20. The Kier molecular flexibility index (Phi) is 37.9. The minimum absolute atomic E-state index is 0.0757. The van der Waals surface area contributed by atoms with Gasteiger partial charge in [0.2, 0.25) is 0 Å². The Bertz CT molecular complexity index is 880. The number of ether oxygens (including phenoxy) is 15. The SMILES string of the molecule is OC[C@H](O)OCOC[C@H](OCO[C@@H](O)CO)OCN1CCN(CO[C@H](COCO[C@@H](O)CO)OCO[C@@H](O)CO)CCN(CO[C@H](COCO[C@@H](O)CO)OCO[C@@H](O)CO)CC1. The molecule has 0 saturated carbocycles. The zero-order chi connectivity index (χ0) is 46.5. The molecule has 0 spiro atoms. The fourth-order valence-electron chi connectivity index (χ4n) is 4.28. The molecule has 0 aromatic heterocycles. The molecule has 12 N–H and O–H groups in total. The van der Waals surface area contributed by atoms with Gasteiger partial charge in [0.05, 0.1) is 39.6 Å². The molecule has 30 heteroatoms. The average molecular weight is 940 g/mol. The van der Waals surface area contributed by atoms with Crippen molar-refractivity contribution in [2.75, 3.05) is 160 Å². The lowest BCUT2D eigenvalue weighted by Crippen LogP contribution is -2.41. The molecular weight excluding hydrogens is 870 g/mol. The number of hydrogen-bond acceptors (Lipinski definition) is 30.